The van der Waals surface area contributed by atoms with E-state index in [1.54, 1.807) is 60.5 Å². The highest BCUT2D eigenvalue weighted by Gasteiger charge is 2.32. The van der Waals surface area contributed by atoms with Crippen molar-refractivity contribution in [1.29, 1.82) is 0 Å². The molecule has 0 amide bonds. The summed E-state index contributed by atoms with van der Waals surface area (Å²) in [7, 11) is -2.47. The molecule has 14 heteroatoms. The topological polar surface area (TPSA) is 162 Å². The Morgan fingerprint density at radius 1 is 1.15 bits per heavy atom. The number of nitrogens with two attached hydrogens (primary N) is 1. The molecule has 2 atom stereocenters. The van der Waals surface area contributed by atoms with Crippen LogP contribution in [0.15, 0.2) is 48.9 Å². The molecular formula is C26H37N6O7P. The van der Waals surface area contributed by atoms with Gasteiger partial charge in [-0.2, -0.15) is 15.2 Å². The Morgan fingerprint density at radius 2 is 1.90 bits per heavy atom. The fourth-order valence-electron chi connectivity index (χ4n) is 3.53. The molecule has 0 aliphatic carbocycles. The lowest BCUT2D eigenvalue weighted by Crippen LogP contribution is -2.36. The number of nitrogen functional groups attached to an aromatic ring is 1. The largest absolute Gasteiger partial charge is 0.480 e. The molecule has 1 aromatic carbocycles. The predicted octanol–water partition coefficient (Wildman–Crippen LogP) is 4.07. The van der Waals surface area contributed by atoms with Gasteiger partial charge in [-0.25, -0.2) is 14.2 Å². The number of benzene rings is 1. The first-order chi connectivity index (χ1) is 19.3. The molecule has 3 rings (SSSR count). The van der Waals surface area contributed by atoms with Gasteiger partial charge in [-0.3, -0.25) is 9.32 Å². The van der Waals surface area contributed by atoms with Crippen LogP contribution in [0.1, 0.15) is 33.6 Å². The van der Waals surface area contributed by atoms with Crippen molar-refractivity contribution in [3.63, 3.8) is 0 Å². The molecule has 13 nitrogen and oxygen atoms in total. The lowest BCUT2D eigenvalue weighted by Gasteiger charge is -2.23. The van der Waals surface area contributed by atoms with Gasteiger partial charge < -0.3 is 24.5 Å². The van der Waals surface area contributed by atoms with Crippen LogP contribution in [0.5, 0.6) is 11.6 Å². The first kappa shape index (κ1) is 31.0. The zero-order valence-corrected chi connectivity index (χ0v) is 24.1. The Morgan fingerprint density at radius 3 is 2.60 bits per heavy atom. The lowest BCUT2D eigenvalue weighted by atomic mass is 10.1. The number of anilines is 1. The molecule has 0 saturated carbocycles. The number of rotatable bonds is 17. The Balaban J connectivity index is 1.54. The lowest BCUT2D eigenvalue weighted by molar-refractivity contribution is -0.146. The van der Waals surface area contributed by atoms with E-state index in [4.69, 9.17) is 29.0 Å². The van der Waals surface area contributed by atoms with Gasteiger partial charge in [0.1, 0.15) is 18.5 Å². The smallest absolute Gasteiger partial charge is 0.459 e. The maximum Gasteiger partial charge on any atom is 0.459 e. The van der Waals surface area contributed by atoms with Crippen molar-refractivity contribution in [2.24, 2.45) is 5.92 Å². The minimum absolute atomic E-state index is 0.0703. The van der Waals surface area contributed by atoms with Gasteiger partial charge in [0, 0.05) is 18.0 Å². The van der Waals surface area contributed by atoms with Gasteiger partial charge in [0.05, 0.1) is 38.7 Å². The van der Waals surface area contributed by atoms with Crippen LogP contribution in [0.4, 0.5) is 5.95 Å². The number of hydrogen-bond acceptors (Lipinski definition) is 11. The number of hydrogen-bond donors (Lipinski definition) is 2. The van der Waals surface area contributed by atoms with E-state index < -0.39 is 19.8 Å². The molecule has 3 N–H and O–H groups in total. The average molecular weight is 577 g/mol. The maximum atomic E-state index is 13.6. The number of methoxy groups -OCH3 is 1. The Bertz CT molecular complexity index is 1260. The van der Waals surface area contributed by atoms with Crippen LogP contribution < -0.4 is 20.1 Å². The average Bonchev–Trinajstić information content (AvgIpc) is 3.42. The highest BCUT2D eigenvalue weighted by Crippen LogP contribution is 2.44. The summed E-state index contributed by atoms with van der Waals surface area (Å²) < 4.78 is 42.6. The van der Waals surface area contributed by atoms with Crippen molar-refractivity contribution in [3.8, 4) is 22.8 Å². The summed E-state index contributed by atoms with van der Waals surface area (Å²) >= 11 is 0. The van der Waals surface area contributed by atoms with Crippen LogP contribution in [0.2, 0.25) is 0 Å². The molecule has 0 aliphatic heterocycles. The van der Waals surface area contributed by atoms with E-state index in [9.17, 15) is 9.36 Å². The van der Waals surface area contributed by atoms with Gasteiger partial charge in [-0.15, -0.1) is 0 Å². The van der Waals surface area contributed by atoms with Gasteiger partial charge >= 0.3 is 13.7 Å². The number of nitrogens with one attached hydrogen (secondary N) is 1. The first-order valence-corrected chi connectivity index (χ1v) is 14.5. The SMILES string of the molecule is CCC(CC)COC(=O)[C@H](C)NP(=O)(OCCOCn1cc(-c2cnc(N)nc2OC)cn1)Oc1ccccc1. The van der Waals surface area contributed by atoms with E-state index in [0.29, 0.717) is 29.4 Å². The highest BCUT2D eigenvalue weighted by molar-refractivity contribution is 7.52. The second-order valence-electron chi connectivity index (χ2n) is 8.86. The van der Waals surface area contributed by atoms with E-state index >= 15 is 0 Å². The molecule has 0 radical (unpaired) electrons. The Kier molecular flexibility index (Phi) is 11.9. The Hall–Kier alpha value is -3.51. The second-order valence-corrected chi connectivity index (χ2v) is 10.5. The van der Waals surface area contributed by atoms with Gasteiger partial charge in [0.2, 0.25) is 11.8 Å². The molecule has 0 spiro atoms. The van der Waals surface area contributed by atoms with Crippen molar-refractivity contribution < 1.29 is 32.6 Å². The number of nitrogens with zero attached hydrogens (tertiary/aromatic N) is 4. The molecule has 0 aliphatic rings. The van der Waals surface area contributed by atoms with Crippen LogP contribution >= 0.6 is 7.75 Å². The van der Waals surface area contributed by atoms with Crippen molar-refractivity contribution in [2.45, 2.75) is 46.4 Å². The number of ether oxygens (including phenoxy) is 3. The van der Waals surface area contributed by atoms with E-state index in [2.05, 4.69) is 20.2 Å². The fraction of sp³-hybridized carbons (Fsp3) is 0.462. The van der Waals surface area contributed by atoms with Crippen LogP contribution in [-0.4, -0.2) is 58.7 Å². The number of esters is 1. The third kappa shape index (κ3) is 9.30. The minimum atomic E-state index is -3.97. The number of para-hydroxylation sites is 1. The van der Waals surface area contributed by atoms with Crippen LogP contribution in [0.3, 0.4) is 0 Å². The zero-order valence-electron chi connectivity index (χ0n) is 23.2. The molecule has 0 fully saturated rings. The van der Waals surface area contributed by atoms with Crippen LogP contribution in [0.25, 0.3) is 11.1 Å². The maximum absolute atomic E-state index is 13.6. The highest BCUT2D eigenvalue weighted by atomic mass is 31.2. The molecule has 3 aromatic rings. The summed E-state index contributed by atoms with van der Waals surface area (Å²) in [5.74, 6) is 0.484. The van der Waals surface area contributed by atoms with Gasteiger partial charge in [-0.05, 0) is 25.0 Å². The molecule has 2 heterocycles. The van der Waals surface area contributed by atoms with Crippen molar-refractivity contribution in [3.05, 3.63) is 48.9 Å². The predicted molar refractivity (Wildman–Crippen MR) is 148 cm³/mol. The molecular weight excluding hydrogens is 539 g/mol. The summed E-state index contributed by atoms with van der Waals surface area (Å²) in [6, 6.07) is 7.62. The quantitative estimate of drug-likeness (QED) is 0.135. The summed E-state index contributed by atoms with van der Waals surface area (Å²) in [4.78, 5) is 20.6. The standard InChI is InChI=1S/C26H37N6O7P/c1-5-20(6-2)17-37-25(33)19(3)31-40(34,39-22-10-8-7-9-11-22)38-13-12-36-18-32-16-21(14-29-32)23-15-28-26(27)30-24(23)35-4/h7-11,14-16,19-20H,5-6,12-13,17-18H2,1-4H3,(H,31,34)(H2,27,28,30)/t19-,40?/m0/s1. The normalized spacial score (nSPS) is 13.5. The van der Waals surface area contributed by atoms with E-state index in [1.165, 1.54) is 7.11 Å². The van der Waals surface area contributed by atoms with E-state index in [-0.39, 0.29) is 31.8 Å². The zero-order chi connectivity index (χ0) is 29.0. The number of carbonyl (C=O) groups is 1. The van der Waals surface area contributed by atoms with Crippen molar-refractivity contribution in [1.82, 2.24) is 24.8 Å². The van der Waals surface area contributed by atoms with Crippen LogP contribution in [-0.2, 0) is 30.1 Å². The monoisotopic (exact) mass is 576 g/mol. The summed E-state index contributed by atoms with van der Waals surface area (Å²) in [6.07, 6.45) is 6.70. The molecule has 218 valence electrons. The third-order valence-electron chi connectivity index (χ3n) is 5.91. The van der Waals surface area contributed by atoms with E-state index in [1.807, 2.05) is 13.8 Å². The van der Waals surface area contributed by atoms with Crippen LogP contribution in [0, 0.1) is 5.92 Å². The molecule has 0 bridgehead atoms. The second kappa shape index (κ2) is 15.3. The van der Waals surface area contributed by atoms with Gasteiger partial charge in [0.25, 0.3) is 0 Å². The van der Waals surface area contributed by atoms with Gasteiger partial charge in [0.15, 0.2) is 0 Å². The summed E-state index contributed by atoms with van der Waals surface area (Å²) in [5.41, 5.74) is 6.96. The van der Waals surface area contributed by atoms with Crippen molar-refractivity contribution in [2.75, 3.05) is 32.7 Å². The van der Waals surface area contributed by atoms with Crippen molar-refractivity contribution >= 4 is 19.7 Å². The fourth-order valence-corrected chi connectivity index (χ4v) is 5.00. The summed E-state index contributed by atoms with van der Waals surface area (Å²) in [5, 5.41) is 6.94. The third-order valence-corrected chi connectivity index (χ3v) is 7.59. The molecule has 2 aromatic heterocycles. The molecule has 1 unspecified atom stereocenters. The van der Waals surface area contributed by atoms with Gasteiger partial charge in [-0.1, -0.05) is 44.9 Å². The molecule has 40 heavy (non-hydrogen) atoms. The van der Waals surface area contributed by atoms with E-state index in [0.717, 1.165) is 12.8 Å². The molecule has 0 saturated heterocycles. The first-order valence-electron chi connectivity index (χ1n) is 13.0. The number of carbonyl (C=O) groups excluding carboxylic acids is 1. The Labute approximate surface area is 233 Å². The number of aromatic nitrogens is 4. The summed E-state index contributed by atoms with van der Waals surface area (Å²) in [6.45, 7) is 6.01. The minimum Gasteiger partial charge on any atom is -0.480 e.